The summed E-state index contributed by atoms with van der Waals surface area (Å²) in [4.78, 5) is 3.06. The van der Waals surface area contributed by atoms with Gasteiger partial charge in [0.1, 0.15) is 0 Å². The van der Waals surface area contributed by atoms with Gasteiger partial charge in [-0.15, -0.1) is 0 Å². The molecule has 0 radical (unpaired) electrons. The summed E-state index contributed by atoms with van der Waals surface area (Å²) in [5.74, 6) is 0.793. The van der Waals surface area contributed by atoms with E-state index in [1.165, 1.54) is 0 Å². The second-order valence-electron chi connectivity index (χ2n) is 8.70. The summed E-state index contributed by atoms with van der Waals surface area (Å²) in [6, 6.07) is -0.140. The van der Waals surface area contributed by atoms with Crippen LogP contribution in [0.1, 0.15) is 55.4 Å². The van der Waals surface area contributed by atoms with Gasteiger partial charge in [0.05, 0.1) is 24.0 Å². The van der Waals surface area contributed by atoms with Crippen LogP contribution in [0.25, 0.3) is 10.4 Å². The highest BCUT2D eigenvalue weighted by molar-refractivity contribution is 8.00. The fraction of sp³-hybridized carbons (Fsp3) is 1.00. The van der Waals surface area contributed by atoms with Crippen molar-refractivity contribution in [3.63, 3.8) is 0 Å². The zero-order valence-electron chi connectivity index (χ0n) is 17.4. The largest absolute Gasteiger partial charge is 0.414 e. The standard InChI is InChI=1S/C17H35N3O3SSi2/c1-11(2)25(12(3)4)21-9-16-17(15(10-24-16)19-20-18)22-26(23-25,13(5)6)14(7)8/h11-17H,9-10H2,1-8H3/t15-,16-,17+/m1/s1. The second kappa shape index (κ2) is 8.55. The molecule has 2 saturated heterocycles. The minimum Gasteiger partial charge on any atom is -0.414 e. The highest BCUT2D eigenvalue weighted by atomic mass is 32.2. The van der Waals surface area contributed by atoms with Crippen molar-refractivity contribution in [1.82, 2.24) is 0 Å². The molecule has 26 heavy (non-hydrogen) atoms. The summed E-state index contributed by atoms with van der Waals surface area (Å²) in [7, 11) is -5.06. The van der Waals surface area contributed by atoms with Gasteiger partial charge < -0.3 is 13.0 Å². The Kier molecular flexibility index (Phi) is 7.32. The van der Waals surface area contributed by atoms with Crippen LogP contribution in [-0.2, 0) is 13.0 Å². The van der Waals surface area contributed by atoms with Gasteiger partial charge in [-0.25, -0.2) is 0 Å². The first-order valence-electron chi connectivity index (χ1n) is 9.78. The molecule has 150 valence electrons. The number of hydrogen-bond donors (Lipinski definition) is 0. The number of nitrogens with zero attached hydrogens (tertiary/aromatic N) is 3. The first-order chi connectivity index (χ1) is 12.1. The van der Waals surface area contributed by atoms with Crippen molar-refractivity contribution in [1.29, 1.82) is 0 Å². The number of rotatable bonds is 5. The summed E-state index contributed by atoms with van der Waals surface area (Å²) < 4.78 is 20.8. The maximum atomic E-state index is 8.97. The lowest BCUT2D eigenvalue weighted by Gasteiger charge is -2.51. The molecule has 0 aromatic rings. The SMILES string of the molecule is CC(C)[Si]1(C(C)C)OC[C@H]2SC[C@@H](N=[N+]=[N-])[C@@H]2O[Si](C(C)C)(C(C)C)O1. The lowest BCUT2D eigenvalue weighted by atomic mass is 10.1. The third kappa shape index (κ3) is 3.90. The van der Waals surface area contributed by atoms with Crippen molar-refractivity contribution >= 4 is 28.9 Å². The average Bonchev–Trinajstić information content (AvgIpc) is 2.88. The molecule has 2 heterocycles. The molecule has 2 aliphatic heterocycles. The summed E-state index contributed by atoms with van der Waals surface area (Å²) in [5.41, 5.74) is 10.3. The summed E-state index contributed by atoms with van der Waals surface area (Å²) in [6.45, 7) is 18.4. The first-order valence-corrected chi connectivity index (χ1v) is 14.8. The van der Waals surface area contributed by atoms with Crippen molar-refractivity contribution in [2.45, 2.75) is 95.0 Å². The molecular weight excluding hydrogens is 382 g/mol. The fourth-order valence-corrected chi connectivity index (χ4v) is 17.0. The van der Waals surface area contributed by atoms with Gasteiger partial charge in [0.25, 0.3) is 0 Å². The Morgan fingerprint density at radius 3 is 1.96 bits per heavy atom. The van der Waals surface area contributed by atoms with E-state index in [2.05, 4.69) is 65.4 Å². The van der Waals surface area contributed by atoms with Crippen molar-refractivity contribution in [2.75, 3.05) is 12.4 Å². The Balaban J connectivity index is 2.54. The average molecular weight is 418 g/mol. The van der Waals surface area contributed by atoms with Gasteiger partial charge >= 0.3 is 17.1 Å². The van der Waals surface area contributed by atoms with Gasteiger partial charge in [-0.2, -0.15) is 11.8 Å². The molecule has 0 amide bonds. The van der Waals surface area contributed by atoms with Crippen LogP contribution in [0, 0.1) is 0 Å². The minimum atomic E-state index is -2.60. The summed E-state index contributed by atoms with van der Waals surface area (Å²) in [6.07, 6.45) is -0.112. The highest BCUT2D eigenvalue weighted by Gasteiger charge is 2.60. The Labute approximate surface area is 164 Å². The highest BCUT2D eigenvalue weighted by Crippen LogP contribution is 2.48. The van der Waals surface area contributed by atoms with Crippen LogP contribution in [0.15, 0.2) is 5.11 Å². The maximum absolute atomic E-state index is 8.97. The third-order valence-corrected chi connectivity index (χ3v) is 17.4. The number of hydrogen-bond acceptors (Lipinski definition) is 5. The molecule has 2 rings (SSSR count). The van der Waals surface area contributed by atoms with Crippen molar-refractivity contribution in [3.8, 4) is 0 Å². The lowest BCUT2D eigenvalue weighted by Crippen LogP contribution is -2.65. The normalized spacial score (nSPS) is 31.0. The Morgan fingerprint density at radius 1 is 0.962 bits per heavy atom. The van der Waals surface area contributed by atoms with E-state index in [-0.39, 0.29) is 17.4 Å². The van der Waals surface area contributed by atoms with Gasteiger partial charge in [-0.1, -0.05) is 60.5 Å². The van der Waals surface area contributed by atoms with E-state index in [1.54, 1.807) is 0 Å². The zero-order chi connectivity index (χ0) is 19.7. The molecular formula is C17H35N3O3SSi2. The van der Waals surface area contributed by atoms with Crippen LogP contribution in [0.3, 0.4) is 0 Å². The van der Waals surface area contributed by atoms with Gasteiger partial charge in [0.2, 0.25) is 0 Å². The first kappa shape index (κ1) is 22.3. The van der Waals surface area contributed by atoms with Crippen LogP contribution >= 0.6 is 11.8 Å². The summed E-state index contributed by atoms with van der Waals surface area (Å²) >= 11 is 1.82. The Bertz CT molecular complexity index is 525. The van der Waals surface area contributed by atoms with Crippen molar-refractivity contribution < 1.29 is 13.0 Å². The third-order valence-electron chi connectivity index (χ3n) is 5.76. The molecule has 0 aromatic heterocycles. The van der Waals surface area contributed by atoms with Crippen LogP contribution in [0.4, 0.5) is 0 Å². The predicted octanol–water partition coefficient (Wildman–Crippen LogP) is 5.74. The topological polar surface area (TPSA) is 76.5 Å². The van der Waals surface area contributed by atoms with Crippen LogP contribution in [0.5, 0.6) is 0 Å². The van der Waals surface area contributed by atoms with Crippen molar-refractivity contribution in [3.05, 3.63) is 10.4 Å². The van der Waals surface area contributed by atoms with Crippen LogP contribution in [-0.4, -0.2) is 46.9 Å². The molecule has 9 heteroatoms. The van der Waals surface area contributed by atoms with Gasteiger partial charge in [0.15, 0.2) is 0 Å². The summed E-state index contributed by atoms with van der Waals surface area (Å²) in [5, 5.41) is 4.24. The molecule has 0 aromatic carbocycles. The van der Waals surface area contributed by atoms with Crippen molar-refractivity contribution in [2.24, 2.45) is 5.11 Å². The molecule has 0 bridgehead atoms. The van der Waals surface area contributed by atoms with E-state index in [9.17, 15) is 0 Å². The molecule has 0 saturated carbocycles. The monoisotopic (exact) mass is 417 g/mol. The molecule has 0 N–H and O–H groups in total. The van der Waals surface area contributed by atoms with E-state index in [0.717, 1.165) is 5.75 Å². The van der Waals surface area contributed by atoms with E-state index in [1.807, 2.05) is 11.8 Å². The van der Waals surface area contributed by atoms with E-state index < -0.39 is 17.1 Å². The number of thioether (sulfide) groups is 1. The van der Waals surface area contributed by atoms with E-state index >= 15 is 0 Å². The quantitative estimate of drug-likeness (QED) is 0.247. The molecule has 0 spiro atoms. The molecule has 3 atom stereocenters. The van der Waals surface area contributed by atoms with Gasteiger partial charge in [-0.05, 0) is 27.7 Å². The molecule has 0 unspecified atom stereocenters. The molecule has 0 aliphatic carbocycles. The maximum Gasteiger partial charge on any atom is 0.334 e. The van der Waals surface area contributed by atoms with Gasteiger partial charge in [0, 0.05) is 10.7 Å². The smallest absolute Gasteiger partial charge is 0.334 e. The van der Waals surface area contributed by atoms with Crippen LogP contribution in [0.2, 0.25) is 22.2 Å². The Hall–Kier alpha value is -0.0262. The fourth-order valence-electron chi connectivity index (χ4n) is 4.26. The second-order valence-corrected chi connectivity index (χ2v) is 18.8. The van der Waals surface area contributed by atoms with Crippen LogP contribution < -0.4 is 0 Å². The Morgan fingerprint density at radius 2 is 1.50 bits per heavy atom. The predicted molar refractivity (Wildman–Crippen MR) is 113 cm³/mol. The van der Waals surface area contributed by atoms with E-state index in [4.69, 9.17) is 18.5 Å². The number of azide groups is 1. The zero-order valence-corrected chi connectivity index (χ0v) is 20.2. The minimum absolute atomic E-state index is 0.112. The molecule has 2 fully saturated rings. The van der Waals surface area contributed by atoms with E-state index in [0.29, 0.717) is 28.8 Å². The van der Waals surface area contributed by atoms with Gasteiger partial charge in [-0.3, -0.25) is 0 Å². The number of fused-ring (bicyclic) bond motifs is 1. The lowest BCUT2D eigenvalue weighted by molar-refractivity contribution is 0.0666. The molecule has 6 nitrogen and oxygen atoms in total. The molecule has 2 aliphatic rings.